The molecule has 0 radical (unpaired) electrons. The molecule has 0 saturated carbocycles. The number of sulfonamides is 1. The van der Waals surface area contributed by atoms with Gasteiger partial charge in [0.25, 0.3) is 10.0 Å². The van der Waals surface area contributed by atoms with E-state index in [0.717, 1.165) is 6.42 Å². The molecule has 1 fully saturated rings. The van der Waals surface area contributed by atoms with Crippen molar-refractivity contribution in [3.8, 4) is 11.5 Å². The van der Waals surface area contributed by atoms with Crippen molar-refractivity contribution in [3.05, 3.63) is 60.0 Å². The van der Waals surface area contributed by atoms with E-state index >= 15 is 0 Å². The average molecular weight is 427 g/mol. The SMILES string of the molecule is O=C(OCc1cc(-c2ccco2)on1)C1CCCN1C1=NS(=O)(=O)c2ccccc21. The van der Waals surface area contributed by atoms with Crippen molar-refractivity contribution in [2.24, 2.45) is 4.40 Å². The molecule has 1 unspecified atom stereocenters. The van der Waals surface area contributed by atoms with E-state index < -0.39 is 22.0 Å². The number of benzene rings is 1. The van der Waals surface area contributed by atoms with Gasteiger partial charge in [-0.05, 0) is 37.1 Å². The van der Waals surface area contributed by atoms with Crippen molar-refractivity contribution in [2.75, 3.05) is 6.54 Å². The first kappa shape index (κ1) is 18.6. The van der Waals surface area contributed by atoms with Crippen LogP contribution in [-0.2, 0) is 26.2 Å². The zero-order chi connectivity index (χ0) is 20.7. The van der Waals surface area contributed by atoms with Crippen LogP contribution in [0.2, 0.25) is 0 Å². The fourth-order valence-electron chi connectivity index (χ4n) is 3.72. The van der Waals surface area contributed by atoms with Gasteiger partial charge in [0.15, 0.2) is 11.6 Å². The van der Waals surface area contributed by atoms with Gasteiger partial charge in [-0.2, -0.15) is 8.42 Å². The lowest BCUT2D eigenvalue weighted by Crippen LogP contribution is -2.41. The molecular weight excluding hydrogens is 410 g/mol. The summed E-state index contributed by atoms with van der Waals surface area (Å²) >= 11 is 0. The second-order valence-corrected chi connectivity index (χ2v) is 8.58. The van der Waals surface area contributed by atoms with E-state index in [4.69, 9.17) is 13.7 Å². The van der Waals surface area contributed by atoms with E-state index in [9.17, 15) is 13.2 Å². The molecule has 2 aliphatic heterocycles. The molecule has 5 rings (SSSR count). The largest absolute Gasteiger partial charge is 0.461 e. The van der Waals surface area contributed by atoms with Crippen molar-refractivity contribution >= 4 is 21.8 Å². The second-order valence-electron chi connectivity index (χ2n) is 7.01. The summed E-state index contributed by atoms with van der Waals surface area (Å²) in [6.45, 7) is 0.462. The highest BCUT2D eigenvalue weighted by Crippen LogP contribution is 2.31. The van der Waals surface area contributed by atoms with Crippen molar-refractivity contribution in [3.63, 3.8) is 0 Å². The minimum atomic E-state index is -3.75. The summed E-state index contributed by atoms with van der Waals surface area (Å²) in [5.41, 5.74) is 0.960. The van der Waals surface area contributed by atoms with E-state index in [-0.39, 0.29) is 11.5 Å². The molecule has 10 heteroatoms. The van der Waals surface area contributed by atoms with Gasteiger partial charge >= 0.3 is 5.97 Å². The Morgan fingerprint density at radius 3 is 2.90 bits per heavy atom. The number of amidine groups is 1. The third kappa shape index (κ3) is 3.18. The van der Waals surface area contributed by atoms with Crippen LogP contribution in [0.15, 0.2) is 67.0 Å². The minimum Gasteiger partial charge on any atom is -0.461 e. The Kier molecular flexibility index (Phi) is 4.43. The molecular formula is C20H17N3O6S. The number of hydrogen-bond acceptors (Lipinski definition) is 8. The molecule has 2 aliphatic rings. The highest BCUT2D eigenvalue weighted by Gasteiger charge is 2.39. The standard InChI is InChI=1S/C20H17N3O6S/c24-20(28-12-13-11-17(29-21-13)16-7-4-10-27-16)15-6-3-9-23(15)19-14-5-1-2-8-18(14)30(25,26)22-19/h1-2,4-5,7-8,10-11,15H,3,6,9,12H2. The normalized spacial score (nSPS) is 19.5. The molecule has 1 saturated heterocycles. The molecule has 0 bridgehead atoms. The van der Waals surface area contributed by atoms with Crippen molar-refractivity contribution in [2.45, 2.75) is 30.4 Å². The maximum atomic E-state index is 12.7. The third-order valence-corrected chi connectivity index (χ3v) is 6.42. The average Bonchev–Trinajstić information content (AvgIpc) is 3.52. The van der Waals surface area contributed by atoms with Crippen LogP contribution < -0.4 is 0 Å². The Balaban J connectivity index is 1.31. The van der Waals surface area contributed by atoms with Crippen molar-refractivity contribution in [1.29, 1.82) is 0 Å². The van der Waals surface area contributed by atoms with Gasteiger partial charge in [0, 0.05) is 18.2 Å². The first-order valence-electron chi connectivity index (χ1n) is 9.40. The number of esters is 1. The van der Waals surface area contributed by atoms with Crippen LogP contribution in [0.1, 0.15) is 24.1 Å². The quantitative estimate of drug-likeness (QED) is 0.584. The van der Waals surface area contributed by atoms with Crippen LogP contribution in [0.5, 0.6) is 0 Å². The smallest absolute Gasteiger partial charge is 0.329 e. The number of hydrogen-bond donors (Lipinski definition) is 0. The lowest BCUT2D eigenvalue weighted by molar-refractivity contribution is -0.149. The number of furan rings is 1. The molecule has 4 heterocycles. The van der Waals surface area contributed by atoms with Crippen LogP contribution >= 0.6 is 0 Å². The minimum absolute atomic E-state index is 0.0608. The topological polar surface area (TPSA) is 115 Å². The highest BCUT2D eigenvalue weighted by atomic mass is 32.2. The lowest BCUT2D eigenvalue weighted by Gasteiger charge is -2.24. The van der Waals surface area contributed by atoms with E-state index in [1.807, 2.05) is 0 Å². The van der Waals surface area contributed by atoms with Crippen LogP contribution in [0.4, 0.5) is 0 Å². The summed E-state index contributed by atoms with van der Waals surface area (Å²) in [6, 6.07) is 11.1. The van der Waals surface area contributed by atoms with Gasteiger partial charge < -0.3 is 18.6 Å². The fourth-order valence-corrected chi connectivity index (χ4v) is 4.93. The molecule has 1 atom stereocenters. The predicted octanol–water partition coefficient (Wildman–Crippen LogP) is 2.59. The Morgan fingerprint density at radius 1 is 1.20 bits per heavy atom. The molecule has 0 amide bonds. The molecule has 0 aliphatic carbocycles. The summed E-state index contributed by atoms with van der Waals surface area (Å²) in [6.07, 6.45) is 2.81. The van der Waals surface area contributed by atoms with Crippen LogP contribution in [0.3, 0.4) is 0 Å². The Bertz CT molecular complexity index is 1230. The van der Waals surface area contributed by atoms with Gasteiger partial charge in [-0.1, -0.05) is 17.3 Å². The summed E-state index contributed by atoms with van der Waals surface area (Å²) in [5, 5.41) is 3.89. The number of carbonyl (C=O) groups is 1. The number of carbonyl (C=O) groups excluding carboxylic acids is 1. The van der Waals surface area contributed by atoms with E-state index in [0.29, 0.717) is 41.6 Å². The monoisotopic (exact) mass is 427 g/mol. The molecule has 3 aromatic rings. The van der Waals surface area contributed by atoms with Crippen LogP contribution in [0.25, 0.3) is 11.5 Å². The molecule has 2 aromatic heterocycles. The van der Waals surface area contributed by atoms with Gasteiger partial charge in [-0.3, -0.25) is 0 Å². The Labute approximate surface area is 172 Å². The van der Waals surface area contributed by atoms with Crippen molar-refractivity contribution in [1.82, 2.24) is 10.1 Å². The molecule has 9 nitrogen and oxygen atoms in total. The van der Waals surface area contributed by atoms with E-state index in [1.165, 1.54) is 12.3 Å². The number of fused-ring (bicyclic) bond motifs is 1. The van der Waals surface area contributed by atoms with E-state index in [2.05, 4.69) is 9.55 Å². The van der Waals surface area contributed by atoms with Crippen LogP contribution in [0, 0.1) is 0 Å². The summed E-state index contributed by atoms with van der Waals surface area (Å²) < 4.78 is 44.5. The molecule has 0 N–H and O–H groups in total. The maximum Gasteiger partial charge on any atom is 0.329 e. The number of likely N-dealkylation sites (tertiary alicyclic amines) is 1. The van der Waals surface area contributed by atoms with E-state index in [1.54, 1.807) is 41.3 Å². The molecule has 0 spiro atoms. The first-order valence-corrected chi connectivity index (χ1v) is 10.8. The number of aromatic nitrogens is 1. The Hall–Kier alpha value is -3.40. The maximum absolute atomic E-state index is 12.7. The fraction of sp³-hybridized carbons (Fsp3) is 0.250. The van der Waals surface area contributed by atoms with Gasteiger partial charge in [0.2, 0.25) is 5.76 Å². The number of rotatable bonds is 4. The zero-order valence-corrected chi connectivity index (χ0v) is 16.5. The molecule has 1 aromatic carbocycles. The van der Waals surface area contributed by atoms with Crippen LogP contribution in [-0.4, -0.2) is 42.9 Å². The summed E-state index contributed by atoms with van der Waals surface area (Å²) in [4.78, 5) is 14.6. The molecule has 154 valence electrons. The van der Waals surface area contributed by atoms with Gasteiger partial charge in [0.05, 0.1) is 6.26 Å². The summed E-state index contributed by atoms with van der Waals surface area (Å²) in [5.74, 6) is 0.808. The third-order valence-electron chi connectivity index (χ3n) is 5.09. The number of ether oxygens (including phenoxy) is 1. The lowest BCUT2D eigenvalue weighted by atomic mass is 10.1. The zero-order valence-electron chi connectivity index (χ0n) is 15.7. The predicted molar refractivity (Wildman–Crippen MR) is 104 cm³/mol. The summed E-state index contributed by atoms with van der Waals surface area (Å²) in [7, 11) is -3.75. The first-order chi connectivity index (χ1) is 14.5. The van der Waals surface area contributed by atoms with Gasteiger partial charge in [-0.25, -0.2) is 4.79 Å². The Morgan fingerprint density at radius 2 is 2.07 bits per heavy atom. The highest BCUT2D eigenvalue weighted by molar-refractivity contribution is 7.90. The van der Waals surface area contributed by atoms with Crippen molar-refractivity contribution < 1.29 is 26.9 Å². The van der Waals surface area contributed by atoms with Gasteiger partial charge in [0.1, 0.15) is 23.2 Å². The molecule has 30 heavy (non-hydrogen) atoms. The number of nitrogens with zero attached hydrogens (tertiary/aromatic N) is 3. The van der Waals surface area contributed by atoms with Gasteiger partial charge in [-0.15, -0.1) is 4.40 Å². The second kappa shape index (κ2) is 7.13.